The summed E-state index contributed by atoms with van der Waals surface area (Å²) in [5, 5.41) is 0. The molecule has 0 aromatic heterocycles. The van der Waals surface area contributed by atoms with E-state index in [1.807, 2.05) is 42.5 Å². The van der Waals surface area contributed by atoms with Gasteiger partial charge in [-0.2, -0.15) is 0 Å². The lowest BCUT2D eigenvalue weighted by atomic mass is 9.90. The Kier molecular flexibility index (Phi) is 7.12. The van der Waals surface area contributed by atoms with Crippen LogP contribution in [-0.2, 0) is 27.4 Å². The molecule has 1 N–H and O–H groups in total. The SMILES string of the molecule is O=C(/C=C/c1ccc(COc2ccc3c(c2)CCCC3=O)cc1)NOC1CCCCO1. The predicted molar refractivity (Wildman–Crippen MR) is 116 cm³/mol. The van der Waals surface area contributed by atoms with E-state index < -0.39 is 0 Å². The smallest absolute Gasteiger partial charge is 0.267 e. The van der Waals surface area contributed by atoms with Gasteiger partial charge in [0.2, 0.25) is 0 Å². The Morgan fingerprint density at radius 1 is 1.10 bits per heavy atom. The van der Waals surface area contributed by atoms with Gasteiger partial charge in [-0.25, -0.2) is 10.3 Å². The fraction of sp³-hybridized carbons (Fsp3) is 0.360. The lowest BCUT2D eigenvalue weighted by molar-refractivity contribution is -0.198. The molecule has 31 heavy (non-hydrogen) atoms. The highest BCUT2D eigenvalue weighted by Gasteiger charge is 2.17. The normalized spacial score (nSPS) is 18.6. The first-order chi connectivity index (χ1) is 15.2. The van der Waals surface area contributed by atoms with Crippen molar-refractivity contribution in [1.29, 1.82) is 0 Å². The van der Waals surface area contributed by atoms with Crippen molar-refractivity contribution in [2.75, 3.05) is 6.61 Å². The van der Waals surface area contributed by atoms with E-state index in [0.717, 1.165) is 60.1 Å². The Hall–Kier alpha value is -2.96. The fourth-order valence-electron chi connectivity index (χ4n) is 3.74. The predicted octanol–water partition coefficient (Wildman–Crippen LogP) is 4.37. The van der Waals surface area contributed by atoms with Gasteiger partial charge >= 0.3 is 0 Å². The van der Waals surface area contributed by atoms with Crippen LogP contribution in [-0.4, -0.2) is 24.6 Å². The third kappa shape index (κ3) is 6.03. The lowest BCUT2D eigenvalue weighted by Gasteiger charge is -2.21. The zero-order valence-electron chi connectivity index (χ0n) is 17.5. The minimum absolute atomic E-state index is 0.221. The number of fused-ring (bicyclic) bond motifs is 1. The first-order valence-corrected chi connectivity index (χ1v) is 10.8. The van der Waals surface area contributed by atoms with Gasteiger partial charge in [-0.05, 0) is 66.6 Å². The summed E-state index contributed by atoms with van der Waals surface area (Å²) in [6.45, 7) is 1.10. The van der Waals surface area contributed by atoms with Crippen molar-refractivity contribution in [3.05, 3.63) is 70.8 Å². The molecule has 6 heteroatoms. The number of rotatable bonds is 7. The van der Waals surface area contributed by atoms with Gasteiger partial charge in [-0.3, -0.25) is 9.59 Å². The van der Waals surface area contributed by atoms with Crippen LogP contribution < -0.4 is 10.2 Å². The van der Waals surface area contributed by atoms with Gasteiger partial charge in [0.05, 0.1) is 0 Å². The van der Waals surface area contributed by atoms with E-state index in [2.05, 4.69) is 5.48 Å². The Bertz CT molecular complexity index is 945. The number of hydrogen-bond acceptors (Lipinski definition) is 5. The molecule has 1 atom stereocenters. The number of amides is 1. The molecule has 0 saturated carbocycles. The minimum atomic E-state index is -0.360. The second-order valence-electron chi connectivity index (χ2n) is 7.84. The van der Waals surface area contributed by atoms with Crippen molar-refractivity contribution in [2.24, 2.45) is 0 Å². The first-order valence-electron chi connectivity index (χ1n) is 10.8. The number of benzene rings is 2. The van der Waals surface area contributed by atoms with Crippen molar-refractivity contribution in [2.45, 2.75) is 51.4 Å². The largest absolute Gasteiger partial charge is 0.489 e. The molecule has 1 fully saturated rings. The van der Waals surface area contributed by atoms with Crippen LogP contribution >= 0.6 is 0 Å². The summed E-state index contributed by atoms with van der Waals surface area (Å²) in [5.74, 6) is 0.669. The van der Waals surface area contributed by atoms with Crippen molar-refractivity contribution in [3.8, 4) is 5.75 Å². The van der Waals surface area contributed by atoms with Gasteiger partial charge in [0.25, 0.3) is 5.91 Å². The Labute approximate surface area is 182 Å². The molecule has 1 aliphatic heterocycles. The second-order valence-corrected chi connectivity index (χ2v) is 7.84. The molecular formula is C25H27NO5. The van der Waals surface area contributed by atoms with Gasteiger partial charge in [0.15, 0.2) is 12.1 Å². The molecule has 1 heterocycles. The summed E-state index contributed by atoms with van der Waals surface area (Å²) in [7, 11) is 0. The number of ether oxygens (including phenoxy) is 2. The molecule has 2 aliphatic rings. The highest BCUT2D eigenvalue weighted by atomic mass is 16.8. The Balaban J connectivity index is 1.25. The van der Waals surface area contributed by atoms with E-state index in [-0.39, 0.29) is 18.0 Å². The maximum absolute atomic E-state index is 11.9. The molecule has 1 unspecified atom stereocenters. The molecule has 1 saturated heterocycles. The Morgan fingerprint density at radius 2 is 1.97 bits per heavy atom. The van der Waals surface area contributed by atoms with Crippen molar-refractivity contribution in [1.82, 2.24) is 5.48 Å². The van der Waals surface area contributed by atoms with Crippen LogP contribution in [0.25, 0.3) is 6.08 Å². The monoisotopic (exact) mass is 421 g/mol. The van der Waals surface area contributed by atoms with Gasteiger partial charge in [0.1, 0.15) is 12.4 Å². The quantitative estimate of drug-likeness (QED) is 0.531. The summed E-state index contributed by atoms with van der Waals surface area (Å²) in [6, 6.07) is 13.5. The molecule has 4 rings (SSSR count). The standard InChI is InChI=1S/C25H27NO5/c27-23-5-3-4-20-16-21(12-13-22(20)23)30-17-19-9-7-18(8-10-19)11-14-24(28)26-31-25-6-1-2-15-29-25/h7-14,16,25H,1-6,15,17H2,(H,26,28)/b14-11+. The van der Waals surface area contributed by atoms with Crippen LogP contribution in [0, 0.1) is 0 Å². The number of aryl methyl sites for hydroxylation is 1. The molecular weight excluding hydrogens is 394 g/mol. The second kappa shape index (κ2) is 10.4. The van der Waals surface area contributed by atoms with E-state index in [0.29, 0.717) is 19.6 Å². The van der Waals surface area contributed by atoms with Crippen molar-refractivity contribution in [3.63, 3.8) is 0 Å². The summed E-state index contributed by atoms with van der Waals surface area (Å²) in [4.78, 5) is 29.1. The van der Waals surface area contributed by atoms with E-state index in [9.17, 15) is 9.59 Å². The van der Waals surface area contributed by atoms with Crippen LogP contribution in [0.2, 0.25) is 0 Å². The number of carbonyl (C=O) groups is 2. The number of nitrogens with one attached hydrogen (secondary N) is 1. The fourth-order valence-corrected chi connectivity index (χ4v) is 3.74. The molecule has 2 aromatic rings. The topological polar surface area (TPSA) is 73.9 Å². The number of ketones is 1. The average Bonchev–Trinajstić information content (AvgIpc) is 2.81. The number of hydroxylamine groups is 1. The van der Waals surface area contributed by atoms with Gasteiger partial charge in [0, 0.05) is 31.1 Å². The van der Waals surface area contributed by atoms with Crippen LogP contribution in [0.5, 0.6) is 5.75 Å². The van der Waals surface area contributed by atoms with Gasteiger partial charge in [-0.15, -0.1) is 0 Å². The molecule has 2 aromatic carbocycles. The minimum Gasteiger partial charge on any atom is -0.489 e. The van der Waals surface area contributed by atoms with Crippen LogP contribution in [0.4, 0.5) is 0 Å². The van der Waals surface area contributed by atoms with Crippen LogP contribution in [0.1, 0.15) is 59.2 Å². The van der Waals surface area contributed by atoms with E-state index in [1.165, 1.54) is 6.08 Å². The first kappa shape index (κ1) is 21.3. The maximum atomic E-state index is 11.9. The van der Waals surface area contributed by atoms with Crippen LogP contribution in [0.15, 0.2) is 48.5 Å². The summed E-state index contributed by atoms with van der Waals surface area (Å²) in [5.41, 5.74) is 6.23. The molecule has 1 amide bonds. The molecule has 0 radical (unpaired) electrons. The van der Waals surface area contributed by atoms with E-state index >= 15 is 0 Å². The zero-order chi connectivity index (χ0) is 21.5. The number of Topliss-reactive ketones (excluding diaryl/α,β-unsaturated/α-hetero) is 1. The van der Waals surface area contributed by atoms with Crippen molar-refractivity contribution < 1.29 is 23.9 Å². The molecule has 6 nitrogen and oxygen atoms in total. The van der Waals surface area contributed by atoms with Gasteiger partial charge < -0.3 is 9.47 Å². The maximum Gasteiger partial charge on any atom is 0.267 e. The lowest BCUT2D eigenvalue weighted by Crippen LogP contribution is -2.32. The highest BCUT2D eigenvalue weighted by Crippen LogP contribution is 2.26. The third-order valence-corrected chi connectivity index (χ3v) is 5.47. The highest BCUT2D eigenvalue weighted by molar-refractivity contribution is 5.98. The molecule has 1 aliphatic carbocycles. The number of carbonyl (C=O) groups excluding carboxylic acids is 2. The van der Waals surface area contributed by atoms with E-state index in [1.54, 1.807) is 6.08 Å². The molecule has 0 spiro atoms. The molecule has 162 valence electrons. The Morgan fingerprint density at radius 3 is 2.77 bits per heavy atom. The average molecular weight is 421 g/mol. The van der Waals surface area contributed by atoms with Crippen molar-refractivity contribution >= 4 is 17.8 Å². The zero-order valence-corrected chi connectivity index (χ0v) is 17.5. The molecule has 0 bridgehead atoms. The third-order valence-electron chi connectivity index (χ3n) is 5.47. The summed E-state index contributed by atoms with van der Waals surface area (Å²) < 4.78 is 11.3. The van der Waals surface area contributed by atoms with E-state index in [4.69, 9.17) is 14.3 Å². The van der Waals surface area contributed by atoms with Crippen LogP contribution in [0.3, 0.4) is 0 Å². The number of hydrogen-bond donors (Lipinski definition) is 1. The summed E-state index contributed by atoms with van der Waals surface area (Å²) >= 11 is 0. The van der Waals surface area contributed by atoms with Gasteiger partial charge in [-0.1, -0.05) is 24.3 Å². The summed E-state index contributed by atoms with van der Waals surface area (Å²) in [6.07, 6.45) is 8.12.